The molecule has 0 saturated heterocycles. The Hall–Kier alpha value is -2.29. The fraction of sp³-hybridized carbons (Fsp3) is 0.316. The van der Waals surface area contributed by atoms with Crippen molar-refractivity contribution in [2.75, 3.05) is 12.4 Å². The number of hydrogen-bond acceptors (Lipinski definition) is 3. The normalized spacial score (nSPS) is 11.1. The Bertz CT molecular complexity index is 639. The smallest absolute Gasteiger partial charge is 0.340 e. The molecule has 0 saturated carbocycles. The highest BCUT2D eigenvalue weighted by Crippen LogP contribution is 2.22. The fourth-order valence-electron chi connectivity index (χ4n) is 2.21. The summed E-state index contributed by atoms with van der Waals surface area (Å²) in [4.78, 5) is 12.2. The molecule has 0 atom stereocenters. The van der Waals surface area contributed by atoms with Crippen molar-refractivity contribution in [1.29, 1.82) is 0 Å². The van der Waals surface area contributed by atoms with Gasteiger partial charge in [-0.15, -0.1) is 0 Å². The third kappa shape index (κ3) is 3.88. The summed E-state index contributed by atoms with van der Waals surface area (Å²) < 4.78 is 5.40. The highest BCUT2D eigenvalue weighted by Gasteiger charge is 2.14. The Morgan fingerprint density at radius 2 is 1.68 bits per heavy atom. The van der Waals surface area contributed by atoms with Crippen LogP contribution in [0.25, 0.3) is 0 Å². The zero-order valence-electron chi connectivity index (χ0n) is 13.6. The first-order chi connectivity index (χ1) is 10.4. The minimum absolute atomic E-state index is 0.126. The molecule has 3 heteroatoms. The van der Waals surface area contributed by atoms with Crippen LogP contribution in [0.5, 0.6) is 0 Å². The van der Waals surface area contributed by atoms with Gasteiger partial charge in [0.25, 0.3) is 0 Å². The lowest BCUT2D eigenvalue weighted by Crippen LogP contribution is -2.11. The number of esters is 1. The van der Waals surface area contributed by atoms with Crippen LogP contribution in [0.3, 0.4) is 0 Å². The predicted molar refractivity (Wildman–Crippen MR) is 90.3 cm³/mol. The number of para-hydroxylation sites is 1. The van der Waals surface area contributed by atoms with Gasteiger partial charge in [0, 0.05) is 12.7 Å². The van der Waals surface area contributed by atoms with E-state index in [2.05, 4.69) is 38.2 Å². The van der Waals surface area contributed by atoms with Crippen LogP contribution in [0.2, 0.25) is 0 Å². The largest absolute Gasteiger partial charge is 0.457 e. The maximum atomic E-state index is 12.2. The second-order valence-electron chi connectivity index (χ2n) is 6.32. The molecule has 0 fully saturated rings. The summed E-state index contributed by atoms with van der Waals surface area (Å²) in [6.07, 6.45) is 0. The molecular formula is C19H23NO2. The Balaban J connectivity index is 2.02. The highest BCUT2D eigenvalue weighted by atomic mass is 16.5. The molecule has 0 unspecified atom stereocenters. The molecule has 116 valence electrons. The van der Waals surface area contributed by atoms with E-state index in [9.17, 15) is 4.79 Å². The van der Waals surface area contributed by atoms with Gasteiger partial charge in [-0.2, -0.15) is 0 Å². The van der Waals surface area contributed by atoms with E-state index < -0.39 is 0 Å². The summed E-state index contributed by atoms with van der Waals surface area (Å²) >= 11 is 0. The highest BCUT2D eigenvalue weighted by molar-refractivity contribution is 5.95. The third-order valence-electron chi connectivity index (χ3n) is 3.61. The average molecular weight is 297 g/mol. The fourth-order valence-corrected chi connectivity index (χ4v) is 2.21. The van der Waals surface area contributed by atoms with Crippen molar-refractivity contribution in [3.8, 4) is 0 Å². The van der Waals surface area contributed by atoms with E-state index in [0.717, 1.165) is 11.3 Å². The molecule has 0 radical (unpaired) electrons. The molecule has 0 aliphatic rings. The Kier molecular flexibility index (Phi) is 4.86. The van der Waals surface area contributed by atoms with Gasteiger partial charge in [0.05, 0.1) is 5.56 Å². The number of hydrogen-bond donors (Lipinski definition) is 1. The number of nitrogens with one attached hydrogen (secondary N) is 1. The first kappa shape index (κ1) is 16.1. The summed E-state index contributed by atoms with van der Waals surface area (Å²) in [6.45, 7) is 6.81. The van der Waals surface area contributed by atoms with Gasteiger partial charge in [0.15, 0.2) is 0 Å². The molecule has 22 heavy (non-hydrogen) atoms. The maximum absolute atomic E-state index is 12.2. The van der Waals surface area contributed by atoms with Crippen LogP contribution < -0.4 is 5.32 Å². The standard InChI is InChI=1S/C19H23NO2/c1-19(2,3)15-11-9-14(10-12-15)13-22-18(21)16-7-5-6-8-17(16)20-4/h5-12,20H,13H2,1-4H3. The maximum Gasteiger partial charge on any atom is 0.340 e. The number of carbonyl (C=O) groups excluding carboxylic acids is 1. The topological polar surface area (TPSA) is 38.3 Å². The number of rotatable bonds is 4. The Morgan fingerprint density at radius 3 is 2.27 bits per heavy atom. The molecule has 0 heterocycles. The second-order valence-corrected chi connectivity index (χ2v) is 6.32. The van der Waals surface area contributed by atoms with Gasteiger partial charge in [-0.3, -0.25) is 0 Å². The van der Waals surface area contributed by atoms with Crippen molar-refractivity contribution in [1.82, 2.24) is 0 Å². The average Bonchev–Trinajstić information content (AvgIpc) is 2.52. The number of anilines is 1. The lowest BCUT2D eigenvalue weighted by molar-refractivity contribution is 0.0474. The van der Waals surface area contributed by atoms with E-state index in [1.807, 2.05) is 30.3 Å². The van der Waals surface area contributed by atoms with Crippen LogP contribution in [0.1, 0.15) is 42.3 Å². The van der Waals surface area contributed by atoms with E-state index in [1.165, 1.54) is 5.56 Å². The monoisotopic (exact) mass is 297 g/mol. The lowest BCUT2D eigenvalue weighted by Gasteiger charge is -2.19. The first-order valence-electron chi connectivity index (χ1n) is 7.45. The van der Waals surface area contributed by atoms with Gasteiger partial charge in [0.2, 0.25) is 0 Å². The van der Waals surface area contributed by atoms with Crippen molar-refractivity contribution in [2.45, 2.75) is 32.8 Å². The number of ether oxygens (including phenoxy) is 1. The van der Waals surface area contributed by atoms with Crippen LogP contribution in [-0.2, 0) is 16.8 Å². The molecule has 2 aromatic carbocycles. The van der Waals surface area contributed by atoms with Crippen molar-refractivity contribution >= 4 is 11.7 Å². The number of carbonyl (C=O) groups is 1. The third-order valence-corrected chi connectivity index (χ3v) is 3.61. The van der Waals surface area contributed by atoms with Crippen LogP contribution in [0.4, 0.5) is 5.69 Å². The van der Waals surface area contributed by atoms with Crippen molar-refractivity contribution in [2.24, 2.45) is 0 Å². The van der Waals surface area contributed by atoms with Crippen LogP contribution in [0.15, 0.2) is 48.5 Å². The summed E-state index contributed by atoms with van der Waals surface area (Å²) in [7, 11) is 1.79. The Labute approximate surface area is 132 Å². The van der Waals surface area contributed by atoms with E-state index >= 15 is 0 Å². The van der Waals surface area contributed by atoms with Gasteiger partial charge >= 0.3 is 5.97 Å². The number of benzene rings is 2. The molecule has 0 amide bonds. The first-order valence-corrected chi connectivity index (χ1v) is 7.45. The van der Waals surface area contributed by atoms with Crippen molar-refractivity contribution in [3.63, 3.8) is 0 Å². The van der Waals surface area contributed by atoms with E-state index in [-0.39, 0.29) is 18.0 Å². The second kappa shape index (κ2) is 6.65. The zero-order chi connectivity index (χ0) is 16.2. The predicted octanol–water partition coefficient (Wildman–Crippen LogP) is 4.38. The van der Waals surface area contributed by atoms with E-state index in [0.29, 0.717) is 5.56 Å². The summed E-state index contributed by atoms with van der Waals surface area (Å²) in [5, 5.41) is 3.00. The molecule has 0 bridgehead atoms. The summed E-state index contributed by atoms with van der Waals surface area (Å²) in [5.41, 5.74) is 3.71. The van der Waals surface area contributed by atoms with E-state index in [4.69, 9.17) is 4.74 Å². The minimum Gasteiger partial charge on any atom is -0.457 e. The minimum atomic E-state index is -0.315. The lowest BCUT2D eigenvalue weighted by atomic mass is 9.87. The Morgan fingerprint density at radius 1 is 1.05 bits per heavy atom. The van der Waals surface area contributed by atoms with Crippen LogP contribution >= 0.6 is 0 Å². The van der Waals surface area contributed by atoms with Gasteiger partial charge in [-0.1, -0.05) is 57.2 Å². The van der Waals surface area contributed by atoms with Gasteiger partial charge in [0.1, 0.15) is 6.61 Å². The van der Waals surface area contributed by atoms with Crippen molar-refractivity contribution < 1.29 is 9.53 Å². The molecule has 0 spiro atoms. The van der Waals surface area contributed by atoms with Crippen molar-refractivity contribution in [3.05, 3.63) is 65.2 Å². The molecular weight excluding hydrogens is 274 g/mol. The van der Waals surface area contributed by atoms with Gasteiger partial charge in [-0.05, 0) is 28.7 Å². The van der Waals surface area contributed by atoms with E-state index in [1.54, 1.807) is 13.1 Å². The quantitative estimate of drug-likeness (QED) is 0.851. The SMILES string of the molecule is CNc1ccccc1C(=O)OCc1ccc(C(C)(C)C)cc1. The van der Waals surface area contributed by atoms with Crippen LogP contribution in [-0.4, -0.2) is 13.0 Å². The van der Waals surface area contributed by atoms with Gasteiger partial charge in [-0.25, -0.2) is 4.79 Å². The van der Waals surface area contributed by atoms with Crippen LogP contribution in [0, 0.1) is 0 Å². The summed E-state index contributed by atoms with van der Waals surface area (Å²) in [5.74, 6) is -0.315. The molecule has 0 aliphatic carbocycles. The zero-order valence-corrected chi connectivity index (χ0v) is 13.6. The molecule has 0 aromatic heterocycles. The van der Waals surface area contributed by atoms with Gasteiger partial charge < -0.3 is 10.1 Å². The molecule has 3 nitrogen and oxygen atoms in total. The molecule has 2 rings (SSSR count). The molecule has 1 N–H and O–H groups in total. The summed E-state index contributed by atoms with van der Waals surface area (Å²) in [6, 6.07) is 15.5. The molecule has 0 aliphatic heterocycles. The molecule has 2 aromatic rings.